The first kappa shape index (κ1) is 15.6. The molecule has 1 heterocycles. The second-order valence-corrected chi connectivity index (χ2v) is 6.10. The van der Waals surface area contributed by atoms with E-state index in [4.69, 9.17) is 16.3 Å². The molecule has 1 amide bonds. The average molecular weight is 355 g/mol. The molecule has 1 saturated heterocycles. The van der Waals surface area contributed by atoms with Crippen molar-refractivity contribution in [2.45, 2.75) is 19.9 Å². The van der Waals surface area contributed by atoms with E-state index >= 15 is 0 Å². The van der Waals surface area contributed by atoms with Crippen LogP contribution in [0.1, 0.15) is 25.5 Å². The van der Waals surface area contributed by atoms with Gasteiger partial charge in [0.2, 0.25) is 0 Å². The van der Waals surface area contributed by atoms with Crippen molar-refractivity contribution >= 4 is 46.0 Å². The number of carbonyl (C=O) groups is 1. The molecule has 1 aromatic rings. The van der Waals surface area contributed by atoms with Crippen LogP contribution >= 0.6 is 39.9 Å². The number of amides is 1. The number of hydrogen-bond donors (Lipinski definition) is 1. The summed E-state index contributed by atoms with van der Waals surface area (Å²) in [6, 6.07) is 5.48. The number of alkyl carbamates (subject to hydrolysis) is 1. The predicted molar refractivity (Wildman–Crippen MR) is 77.4 cm³/mol. The van der Waals surface area contributed by atoms with Crippen molar-refractivity contribution in [3.05, 3.63) is 33.3 Å². The van der Waals surface area contributed by atoms with Crippen LogP contribution < -0.4 is 5.32 Å². The van der Waals surface area contributed by atoms with Crippen LogP contribution in [0.3, 0.4) is 0 Å². The van der Waals surface area contributed by atoms with Crippen LogP contribution in [-0.4, -0.2) is 12.7 Å². The van der Waals surface area contributed by atoms with E-state index in [-0.39, 0.29) is 30.0 Å². The van der Waals surface area contributed by atoms with E-state index in [1.165, 1.54) is 0 Å². The zero-order valence-electron chi connectivity index (χ0n) is 10.00. The van der Waals surface area contributed by atoms with Gasteiger partial charge >= 0.3 is 6.09 Å². The fourth-order valence-electron chi connectivity index (χ4n) is 1.92. The molecule has 0 bridgehead atoms. The largest absolute Gasteiger partial charge is 0.449 e. The summed E-state index contributed by atoms with van der Waals surface area (Å²) in [6.45, 7) is 4.51. The smallest absolute Gasteiger partial charge is 0.407 e. The first-order chi connectivity index (χ1) is 7.90. The van der Waals surface area contributed by atoms with E-state index in [1.54, 1.807) is 0 Å². The third kappa shape index (κ3) is 3.11. The number of hydrogen-bond acceptors (Lipinski definition) is 2. The van der Waals surface area contributed by atoms with Gasteiger partial charge in [-0.15, -0.1) is 12.4 Å². The van der Waals surface area contributed by atoms with Gasteiger partial charge in [0.25, 0.3) is 0 Å². The Bertz CT molecular complexity index is 465. The number of benzene rings is 1. The standard InChI is InChI=1S/C12H13BrClNO2.ClH/c1-12(2)6-17-11(16)15-10(12)8-4-3-7(14)5-9(8)13;/h3-5,10H,6H2,1-2H3,(H,15,16);1H/t10-;/m1./s1. The van der Waals surface area contributed by atoms with Gasteiger partial charge in [-0.05, 0) is 17.7 Å². The Morgan fingerprint density at radius 2 is 2.17 bits per heavy atom. The zero-order valence-corrected chi connectivity index (χ0v) is 13.2. The Balaban J connectivity index is 0.00000162. The Hall–Kier alpha value is -0.450. The van der Waals surface area contributed by atoms with Crippen molar-refractivity contribution in [2.75, 3.05) is 6.61 Å². The molecule has 0 aromatic heterocycles. The number of carbonyl (C=O) groups excluding carboxylic acids is 1. The Morgan fingerprint density at radius 3 is 2.78 bits per heavy atom. The number of rotatable bonds is 1. The second-order valence-electron chi connectivity index (χ2n) is 4.81. The monoisotopic (exact) mass is 353 g/mol. The highest BCUT2D eigenvalue weighted by Gasteiger charge is 2.38. The van der Waals surface area contributed by atoms with E-state index in [0.29, 0.717) is 11.6 Å². The third-order valence-electron chi connectivity index (χ3n) is 2.89. The summed E-state index contributed by atoms with van der Waals surface area (Å²) < 4.78 is 5.91. The van der Waals surface area contributed by atoms with E-state index in [0.717, 1.165) is 10.0 Å². The minimum absolute atomic E-state index is 0. The number of halogens is 3. The summed E-state index contributed by atoms with van der Waals surface area (Å²) >= 11 is 9.39. The van der Waals surface area contributed by atoms with Gasteiger partial charge in [-0.25, -0.2) is 4.79 Å². The number of cyclic esters (lactones) is 1. The van der Waals surface area contributed by atoms with Crippen molar-refractivity contribution in [3.63, 3.8) is 0 Å². The molecule has 3 nitrogen and oxygen atoms in total. The Morgan fingerprint density at radius 1 is 1.50 bits per heavy atom. The molecule has 0 aliphatic carbocycles. The molecule has 18 heavy (non-hydrogen) atoms. The van der Waals surface area contributed by atoms with Crippen molar-refractivity contribution in [3.8, 4) is 0 Å². The average Bonchev–Trinajstić information content (AvgIpc) is 2.23. The molecule has 6 heteroatoms. The lowest BCUT2D eigenvalue weighted by Gasteiger charge is -2.39. The quantitative estimate of drug-likeness (QED) is 0.814. The fourth-order valence-corrected chi connectivity index (χ4v) is 2.84. The fraction of sp³-hybridized carbons (Fsp3) is 0.417. The van der Waals surface area contributed by atoms with Crippen molar-refractivity contribution in [1.82, 2.24) is 5.32 Å². The number of ether oxygens (including phenoxy) is 1. The molecule has 1 fully saturated rings. The van der Waals surface area contributed by atoms with Gasteiger partial charge in [0, 0.05) is 14.9 Å². The Labute approximate surface area is 126 Å². The molecular weight excluding hydrogens is 341 g/mol. The predicted octanol–water partition coefficient (Wildman–Crippen LogP) is 4.33. The first-order valence-electron chi connectivity index (χ1n) is 5.28. The van der Waals surface area contributed by atoms with Crippen molar-refractivity contribution < 1.29 is 9.53 Å². The van der Waals surface area contributed by atoms with Crippen LogP contribution in [0.2, 0.25) is 5.02 Å². The second kappa shape index (κ2) is 5.68. The summed E-state index contributed by atoms with van der Waals surface area (Å²) in [5.41, 5.74) is 0.848. The van der Waals surface area contributed by atoms with Crippen LogP contribution in [0.15, 0.2) is 22.7 Å². The van der Waals surface area contributed by atoms with Crippen LogP contribution in [0.4, 0.5) is 4.79 Å². The summed E-state index contributed by atoms with van der Waals surface area (Å²) in [6.07, 6.45) is -0.379. The van der Waals surface area contributed by atoms with Crippen molar-refractivity contribution in [2.24, 2.45) is 5.41 Å². The minimum Gasteiger partial charge on any atom is -0.449 e. The molecule has 1 aromatic carbocycles. The lowest BCUT2D eigenvalue weighted by molar-refractivity contribution is 0.0385. The van der Waals surface area contributed by atoms with Gasteiger partial charge in [-0.1, -0.05) is 47.4 Å². The van der Waals surface area contributed by atoms with Crippen LogP contribution in [0, 0.1) is 5.41 Å². The maximum atomic E-state index is 11.3. The summed E-state index contributed by atoms with van der Waals surface area (Å²) in [5, 5.41) is 3.51. The lowest BCUT2D eigenvalue weighted by atomic mass is 9.80. The molecule has 1 aliphatic rings. The summed E-state index contributed by atoms with van der Waals surface area (Å²) in [7, 11) is 0. The molecule has 1 N–H and O–H groups in total. The highest BCUT2D eigenvalue weighted by molar-refractivity contribution is 9.10. The van der Waals surface area contributed by atoms with Gasteiger partial charge in [0.05, 0.1) is 6.04 Å². The maximum Gasteiger partial charge on any atom is 0.407 e. The summed E-state index contributed by atoms with van der Waals surface area (Å²) in [5.74, 6) is 0. The molecule has 1 aliphatic heterocycles. The highest BCUT2D eigenvalue weighted by atomic mass is 79.9. The van der Waals surface area contributed by atoms with E-state index in [1.807, 2.05) is 18.2 Å². The van der Waals surface area contributed by atoms with E-state index in [9.17, 15) is 4.79 Å². The zero-order chi connectivity index (χ0) is 12.6. The molecule has 2 rings (SSSR count). The first-order valence-corrected chi connectivity index (χ1v) is 6.45. The minimum atomic E-state index is -0.379. The van der Waals surface area contributed by atoms with Crippen LogP contribution in [0.25, 0.3) is 0 Å². The highest BCUT2D eigenvalue weighted by Crippen LogP contribution is 2.39. The van der Waals surface area contributed by atoms with E-state index in [2.05, 4.69) is 35.1 Å². The van der Waals surface area contributed by atoms with Crippen molar-refractivity contribution in [1.29, 1.82) is 0 Å². The van der Waals surface area contributed by atoms with Gasteiger partial charge in [-0.3, -0.25) is 0 Å². The van der Waals surface area contributed by atoms with Gasteiger partial charge < -0.3 is 10.1 Å². The lowest BCUT2D eigenvalue weighted by Crippen LogP contribution is -2.47. The van der Waals surface area contributed by atoms with Crippen LogP contribution in [-0.2, 0) is 4.74 Å². The molecular formula is C12H14BrCl2NO2. The molecule has 0 spiro atoms. The van der Waals surface area contributed by atoms with Gasteiger partial charge in [-0.2, -0.15) is 0 Å². The Kier molecular flexibility index (Phi) is 4.92. The third-order valence-corrected chi connectivity index (χ3v) is 3.81. The maximum absolute atomic E-state index is 11.3. The molecule has 0 saturated carbocycles. The molecule has 1 atom stereocenters. The molecule has 100 valence electrons. The van der Waals surface area contributed by atoms with Gasteiger partial charge in [0.1, 0.15) is 6.61 Å². The SMILES string of the molecule is CC1(C)COC(=O)N[C@@H]1c1ccc(Cl)cc1Br.Cl. The van der Waals surface area contributed by atoms with Crippen LogP contribution in [0.5, 0.6) is 0 Å². The number of nitrogens with one attached hydrogen (secondary N) is 1. The normalized spacial score (nSPS) is 21.6. The van der Waals surface area contributed by atoms with Gasteiger partial charge in [0.15, 0.2) is 0 Å². The molecule has 0 radical (unpaired) electrons. The van der Waals surface area contributed by atoms with E-state index < -0.39 is 0 Å². The topological polar surface area (TPSA) is 38.3 Å². The molecule has 0 unspecified atom stereocenters. The summed E-state index contributed by atoms with van der Waals surface area (Å²) in [4.78, 5) is 11.3.